The van der Waals surface area contributed by atoms with Crippen molar-refractivity contribution in [1.82, 2.24) is 4.98 Å². The van der Waals surface area contributed by atoms with E-state index in [-0.39, 0.29) is 30.3 Å². The smallest absolute Gasteiger partial charge is 0.303 e. The van der Waals surface area contributed by atoms with Crippen LogP contribution < -0.4 is 0 Å². The van der Waals surface area contributed by atoms with Gasteiger partial charge < -0.3 is 10.2 Å². The van der Waals surface area contributed by atoms with E-state index < -0.39 is 11.8 Å². The molecule has 6 heteroatoms. The lowest BCUT2D eigenvalue weighted by molar-refractivity contribution is -0.136. The number of nitrogens with zero attached hydrogens (tertiary/aromatic N) is 2. The molecule has 2 rings (SSSR count). The first-order chi connectivity index (χ1) is 10.9. The Morgan fingerprint density at radius 3 is 2.68 bits per heavy atom. The zero-order valence-electron chi connectivity index (χ0n) is 12.4. The first-order valence-electron chi connectivity index (χ1n) is 6.87. The third-order valence-electron chi connectivity index (χ3n) is 2.95. The van der Waals surface area contributed by atoms with Crippen LogP contribution in [0.4, 0.5) is 0 Å². The van der Waals surface area contributed by atoms with Crippen molar-refractivity contribution in [3.8, 4) is 22.9 Å². The molecule has 110 valence electrons. The second-order valence-corrected chi connectivity index (χ2v) is 4.53. The second-order valence-electron chi connectivity index (χ2n) is 4.53. The van der Waals surface area contributed by atoms with Crippen LogP contribution in [0.15, 0.2) is 36.5 Å². The first kappa shape index (κ1) is 13.8. The fourth-order valence-corrected chi connectivity index (χ4v) is 1.87. The Hall–Kier alpha value is -3.20. The van der Waals surface area contributed by atoms with Gasteiger partial charge in [0.15, 0.2) is 5.78 Å². The van der Waals surface area contributed by atoms with Gasteiger partial charge in [-0.05, 0) is 23.8 Å². The number of benzene rings is 1. The summed E-state index contributed by atoms with van der Waals surface area (Å²) in [7, 11) is 0. The number of carboxylic acids is 1. The molecule has 2 N–H and O–H groups in total. The minimum absolute atomic E-state index is 0.139. The third-order valence-corrected chi connectivity index (χ3v) is 2.95. The molecule has 0 spiro atoms. The van der Waals surface area contributed by atoms with E-state index in [0.717, 1.165) is 0 Å². The molecule has 0 atom stereocenters. The van der Waals surface area contributed by atoms with E-state index in [1.54, 1.807) is 6.07 Å². The van der Waals surface area contributed by atoms with Gasteiger partial charge in [0.25, 0.3) is 0 Å². The van der Waals surface area contributed by atoms with E-state index in [4.69, 9.17) is 11.7 Å². The predicted molar refractivity (Wildman–Crippen MR) is 77.3 cm³/mol. The largest absolute Gasteiger partial charge is 0.506 e. The quantitative estimate of drug-likeness (QED) is 0.819. The highest BCUT2D eigenvalue weighted by atomic mass is 16.4. The second kappa shape index (κ2) is 6.50. The van der Waals surface area contributed by atoms with Crippen LogP contribution in [0, 0.1) is 11.3 Å². The average molecular weight is 297 g/mol. The molecule has 1 aromatic carbocycles. The van der Waals surface area contributed by atoms with E-state index in [1.807, 2.05) is 6.07 Å². The van der Waals surface area contributed by atoms with E-state index >= 15 is 0 Å². The maximum Gasteiger partial charge on any atom is 0.303 e. The normalized spacial score (nSPS) is 10.6. The summed E-state index contributed by atoms with van der Waals surface area (Å²) in [4.78, 5) is 26.2. The van der Waals surface area contributed by atoms with Crippen LogP contribution in [0.2, 0.25) is 0 Å². The van der Waals surface area contributed by atoms with Gasteiger partial charge in [-0.25, -0.2) is 4.98 Å². The molecule has 22 heavy (non-hydrogen) atoms. The Kier molecular flexibility index (Phi) is 4.07. The van der Waals surface area contributed by atoms with Crippen LogP contribution in [0.1, 0.15) is 30.3 Å². The van der Waals surface area contributed by atoms with Crippen molar-refractivity contribution in [3.63, 3.8) is 0 Å². The highest BCUT2D eigenvalue weighted by Gasteiger charge is 2.15. The number of carbonyl (C=O) groups excluding carboxylic acids is 1. The van der Waals surface area contributed by atoms with Gasteiger partial charge in [0.05, 0.1) is 19.4 Å². The van der Waals surface area contributed by atoms with E-state index in [0.29, 0.717) is 16.7 Å². The zero-order chi connectivity index (χ0) is 17.0. The van der Waals surface area contributed by atoms with Crippen LogP contribution in [0.5, 0.6) is 5.75 Å². The molecule has 0 amide bonds. The number of aliphatic carboxylic acids is 1. The number of aromatic nitrogens is 1. The number of nitriles is 1. The summed E-state index contributed by atoms with van der Waals surface area (Å²) in [6.45, 7) is 0. The molecule has 1 aromatic heterocycles. The molecule has 0 fully saturated rings. The van der Waals surface area contributed by atoms with Gasteiger partial charge in [-0.15, -0.1) is 0 Å². The maximum absolute atomic E-state index is 11.8. The van der Waals surface area contributed by atoms with Crippen molar-refractivity contribution in [2.75, 3.05) is 0 Å². The Labute approximate surface area is 127 Å². The number of ketones is 1. The summed E-state index contributed by atoms with van der Waals surface area (Å²) >= 11 is 0. The molecule has 0 saturated heterocycles. The van der Waals surface area contributed by atoms with E-state index in [9.17, 15) is 14.7 Å². The van der Waals surface area contributed by atoms with Crippen LogP contribution in [0.25, 0.3) is 11.1 Å². The first-order valence-corrected chi connectivity index (χ1v) is 6.37. The molecule has 0 aliphatic carbocycles. The van der Waals surface area contributed by atoms with Crippen LogP contribution in [-0.4, -0.2) is 26.9 Å². The summed E-state index contributed by atoms with van der Waals surface area (Å²) in [6.07, 6.45) is 0.744. The Morgan fingerprint density at radius 1 is 1.27 bits per heavy atom. The van der Waals surface area contributed by atoms with Crippen molar-refractivity contribution in [1.29, 1.82) is 5.26 Å². The summed E-state index contributed by atoms with van der Waals surface area (Å²) in [5, 5.41) is 27.4. The molecular weight excluding hydrogens is 284 g/mol. The number of hydrogen-bond acceptors (Lipinski definition) is 5. The summed E-state index contributed by atoms with van der Waals surface area (Å²) in [5.74, 6) is -2.04. The monoisotopic (exact) mass is 297 g/mol. The fraction of sp³-hybridized carbons (Fsp3) is 0.125. The summed E-state index contributed by atoms with van der Waals surface area (Å²) < 4.78 is 7.64. The molecule has 6 nitrogen and oxygen atoms in total. The van der Waals surface area contributed by atoms with Crippen LogP contribution >= 0.6 is 0 Å². The fourth-order valence-electron chi connectivity index (χ4n) is 1.87. The number of hydrogen-bond donors (Lipinski definition) is 2. The van der Waals surface area contributed by atoms with Gasteiger partial charge in [0.1, 0.15) is 11.4 Å². The van der Waals surface area contributed by atoms with Gasteiger partial charge in [-0.2, -0.15) is 5.26 Å². The van der Waals surface area contributed by atoms with E-state index in [1.165, 1.54) is 24.4 Å². The van der Waals surface area contributed by atoms with Gasteiger partial charge in [0.2, 0.25) is 0 Å². The molecule has 0 saturated carbocycles. The van der Waals surface area contributed by atoms with Crippen molar-refractivity contribution >= 4 is 11.8 Å². The van der Waals surface area contributed by atoms with Gasteiger partial charge in [-0.1, -0.05) is 12.1 Å². The molecule has 0 unspecified atom stereocenters. The Bertz CT molecular complexity index is 827. The van der Waals surface area contributed by atoms with E-state index in [2.05, 4.69) is 4.98 Å². The van der Waals surface area contributed by atoms with Crippen molar-refractivity contribution in [2.45, 2.75) is 12.8 Å². The molecular formula is C16H12N2O4. The molecule has 2 aromatic rings. The number of aromatic hydroxyl groups is 1. The topological polar surface area (TPSA) is 111 Å². The highest BCUT2D eigenvalue weighted by Crippen LogP contribution is 2.26. The van der Waals surface area contributed by atoms with Gasteiger partial charge >= 0.3 is 5.97 Å². The Morgan fingerprint density at radius 2 is 2.05 bits per heavy atom. The number of carboxylic acid groups (broad SMARTS) is 1. The standard InChI is InChI=1S/C16H12N2O4/c17-8-10-2-1-3-11(6-10)12-7-14(20)16(18-9-12)13(19)4-5-15(21)22/h1-3,6-7,9,20H,4-5H2,(H,21,22)/i1D. The lowest BCUT2D eigenvalue weighted by Gasteiger charge is -2.06. The highest BCUT2D eigenvalue weighted by molar-refractivity contribution is 5.98. The van der Waals surface area contributed by atoms with Crippen LogP contribution in [-0.2, 0) is 4.79 Å². The minimum Gasteiger partial charge on any atom is -0.506 e. The van der Waals surface area contributed by atoms with Crippen LogP contribution in [0.3, 0.4) is 0 Å². The van der Waals surface area contributed by atoms with Crippen molar-refractivity contribution in [3.05, 3.63) is 47.8 Å². The molecule has 0 aliphatic rings. The number of rotatable bonds is 5. The zero-order valence-corrected chi connectivity index (χ0v) is 11.4. The molecule has 0 radical (unpaired) electrons. The minimum atomic E-state index is -1.11. The lowest BCUT2D eigenvalue weighted by atomic mass is 10.0. The predicted octanol–water partition coefficient (Wildman–Crippen LogP) is 2.37. The van der Waals surface area contributed by atoms with Gasteiger partial charge in [-0.3, -0.25) is 9.59 Å². The van der Waals surface area contributed by atoms with Crippen molar-refractivity contribution in [2.24, 2.45) is 0 Å². The van der Waals surface area contributed by atoms with Crippen molar-refractivity contribution < 1.29 is 21.2 Å². The SMILES string of the molecule is [2H]c1cc(C#N)cc(-c2cnc(C(=O)CCC(=O)O)c(O)c2)c1. The molecule has 0 bridgehead atoms. The average Bonchev–Trinajstić information content (AvgIpc) is 2.51. The maximum atomic E-state index is 11.8. The summed E-state index contributed by atoms with van der Waals surface area (Å²) in [5.41, 5.74) is 1.07. The summed E-state index contributed by atoms with van der Waals surface area (Å²) in [6, 6.07) is 7.83. The molecule has 0 aliphatic heterocycles. The lowest BCUT2D eigenvalue weighted by Crippen LogP contribution is -2.06. The van der Waals surface area contributed by atoms with Gasteiger partial charge in [0, 0.05) is 18.2 Å². The number of Topliss-reactive ketones (excluding diaryl/α,β-unsaturated/α-hetero) is 1. The third kappa shape index (κ3) is 3.46. The molecule has 1 heterocycles. The number of pyridine rings is 1. The Balaban J connectivity index is 2.33. The number of carbonyl (C=O) groups is 2.